The van der Waals surface area contributed by atoms with Crippen molar-refractivity contribution in [3.8, 4) is 0 Å². The van der Waals surface area contributed by atoms with Gasteiger partial charge in [0.15, 0.2) is 0 Å². The van der Waals surface area contributed by atoms with Gasteiger partial charge in [0.2, 0.25) is 5.60 Å². The van der Waals surface area contributed by atoms with Gasteiger partial charge in [0, 0.05) is 25.2 Å². The van der Waals surface area contributed by atoms with Crippen molar-refractivity contribution in [3.63, 3.8) is 0 Å². The molecule has 2 rings (SSSR count). The van der Waals surface area contributed by atoms with Crippen LogP contribution in [0.25, 0.3) is 0 Å². The zero-order valence-electron chi connectivity index (χ0n) is 14.1. The fourth-order valence-corrected chi connectivity index (χ4v) is 2.43. The number of nitrogens with zero attached hydrogens (tertiary/aromatic N) is 3. The number of benzene rings is 1. The van der Waals surface area contributed by atoms with Crippen LogP contribution in [0.2, 0.25) is 0 Å². The van der Waals surface area contributed by atoms with E-state index in [0.717, 1.165) is 30.1 Å². The molecule has 0 bridgehead atoms. The topological polar surface area (TPSA) is 63.5 Å². The molecule has 0 radical (unpaired) electrons. The van der Waals surface area contributed by atoms with E-state index in [1.165, 1.54) is 6.21 Å². The number of hydrogen-bond acceptors (Lipinski definition) is 6. The molecule has 0 saturated heterocycles. The Morgan fingerprint density at radius 3 is 2.57 bits per heavy atom. The lowest BCUT2D eigenvalue weighted by molar-refractivity contribution is -0.167. The summed E-state index contributed by atoms with van der Waals surface area (Å²) >= 11 is 0. The second-order valence-corrected chi connectivity index (χ2v) is 5.70. The third-order valence-electron chi connectivity index (χ3n) is 3.79. The minimum atomic E-state index is -1.08. The van der Waals surface area contributed by atoms with Gasteiger partial charge in [-0.25, -0.2) is 4.79 Å². The molecule has 0 N–H and O–H groups in total. The van der Waals surface area contributed by atoms with Gasteiger partial charge in [0.05, 0.1) is 11.9 Å². The quantitative estimate of drug-likeness (QED) is 0.460. The molecule has 1 aromatic carbocycles. The Bertz CT molecular complexity index is 606. The normalized spacial score (nSPS) is 20.3. The lowest BCUT2D eigenvalue weighted by atomic mass is 10.0. The van der Waals surface area contributed by atoms with E-state index >= 15 is 0 Å². The number of carbonyl (C=O) groups excluding carboxylic acids is 1. The average Bonchev–Trinajstić information content (AvgIpc) is 2.90. The summed E-state index contributed by atoms with van der Waals surface area (Å²) in [5, 5.41) is 7.53. The van der Waals surface area contributed by atoms with Crippen LogP contribution in [0.5, 0.6) is 0 Å². The van der Waals surface area contributed by atoms with E-state index in [1.54, 1.807) is 13.8 Å². The van der Waals surface area contributed by atoms with Crippen LogP contribution in [-0.2, 0) is 14.5 Å². The van der Waals surface area contributed by atoms with E-state index in [9.17, 15) is 4.79 Å². The van der Waals surface area contributed by atoms with E-state index in [4.69, 9.17) is 9.68 Å². The summed E-state index contributed by atoms with van der Waals surface area (Å²) in [6, 6.07) is 7.92. The highest BCUT2D eigenvalue weighted by atomic mass is 16.7. The van der Waals surface area contributed by atoms with E-state index in [0.29, 0.717) is 6.42 Å². The molecule has 0 aliphatic carbocycles. The lowest BCUT2D eigenvalue weighted by Gasteiger charge is -2.20. The summed E-state index contributed by atoms with van der Waals surface area (Å²) in [5.74, 6) is -0.547. The third kappa shape index (κ3) is 4.09. The molecule has 6 heteroatoms. The molecule has 1 unspecified atom stereocenters. The minimum Gasteiger partial charge on any atom is -0.377 e. The predicted octanol–water partition coefficient (Wildman–Crippen LogP) is 2.96. The smallest absolute Gasteiger partial charge is 0.377 e. The van der Waals surface area contributed by atoms with E-state index < -0.39 is 11.6 Å². The largest absolute Gasteiger partial charge is 0.381 e. The van der Waals surface area contributed by atoms with Crippen LogP contribution in [0.3, 0.4) is 0 Å². The van der Waals surface area contributed by atoms with Gasteiger partial charge in [-0.05, 0) is 45.4 Å². The van der Waals surface area contributed by atoms with E-state index in [1.807, 2.05) is 24.3 Å². The van der Waals surface area contributed by atoms with Gasteiger partial charge in [-0.1, -0.05) is 22.4 Å². The van der Waals surface area contributed by atoms with Gasteiger partial charge in [-0.2, -0.15) is 0 Å². The van der Waals surface area contributed by atoms with E-state index in [2.05, 4.69) is 29.1 Å². The first-order chi connectivity index (χ1) is 11.0. The molecule has 1 heterocycles. The van der Waals surface area contributed by atoms with Crippen molar-refractivity contribution in [2.24, 2.45) is 10.3 Å². The van der Waals surface area contributed by atoms with Gasteiger partial charge in [0.25, 0.3) is 0 Å². The zero-order chi connectivity index (χ0) is 16.9. The molecule has 23 heavy (non-hydrogen) atoms. The van der Waals surface area contributed by atoms with Gasteiger partial charge < -0.3 is 14.6 Å². The molecule has 0 saturated carbocycles. The second-order valence-electron chi connectivity index (χ2n) is 5.70. The van der Waals surface area contributed by atoms with E-state index in [-0.39, 0.29) is 0 Å². The fraction of sp³-hybridized carbons (Fsp3) is 0.471. The Morgan fingerprint density at radius 1 is 1.39 bits per heavy atom. The molecular weight excluding hydrogens is 294 g/mol. The summed E-state index contributed by atoms with van der Waals surface area (Å²) in [4.78, 5) is 24.3. The lowest BCUT2D eigenvalue weighted by Crippen LogP contribution is -2.36. The van der Waals surface area contributed by atoms with Crippen molar-refractivity contribution in [3.05, 3.63) is 29.8 Å². The first-order valence-electron chi connectivity index (χ1n) is 7.80. The van der Waals surface area contributed by atoms with Crippen LogP contribution in [0.15, 0.2) is 34.6 Å². The van der Waals surface area contributed by atoms with Crippen molar-refractivity contribution in [1.29, 1.82) is 0 Å². The van der Waals surface area contributed by atoms with Crippen molar-refractivity contribution >= 4 is 23.6 Å². The molecule has 6 nitrogen and oxygen atoms in total. The van der Waals surface area contributed by atoms with Crippen molar-refractivity contribution in [1.82, 2.24) is 0 Å². The minimum absolute atomic E-state index is 0.417. The number of carbonyl (C=O) groups is 1. The highest BCUT2D eigenvalue weighted by molar-refractivity contribution is 5.92. The summed E-state index contributed by atoms with van der Waals surface area (Å²) in [7, 11) is 0. The Balaban J connectivity index is 1.92. The molecule has 1 aliphatic rings. The maximum atomic E-state index is 12.0. The molecule has 0 amide bonds. The summed E-state index contributed by atoms with van der Waals surface area (Å²) in [6.45, 7) is 9.61. The molecule has 1 atom stereocenters. The average molecular weight is 317 g/mol. The van der Waals surface area contributed by atoms with Crippen LogP contribution < -0.4 is 4.90 Å². The maximum absolute atomic E-state index is 12.0. The van der Waals surface area contributed by atoms with Gasteiger partial charge in [0.1, 0.15) is 0 Å². The number of oxime groups is 2. The van der Waals surface area contributed by atoms with Crippen LogP contribution in [0.1, 0.15) is 39.7 Å². The molecule has 124 valence electrons. The molecule has 0 spiro atoms. The molecule has 0 fully saturated rings. The fourth-order valence-electron chi connectivity index (χ4n) is 2.43. The van der Waals surface area contributed by atoms with Crippen molar-refractivity contribution < 1.29 is 14.5 Å². The third-order valence-corrected chi connectivity index (χ3v) is 3.79. The Kier molecular flexibility index (Phi) is 5.36. The van der Waals surface area contributed by atoms with Gasteiger partial charge in [-0.15, -0.1) is 0 Å². The summed E-state index contributed by atoms with van der Waals surface area (Å²) in [6.07, 6.45) is 1.93. The number of hydrogen-bond donors (Lipinski definition) is 0. The Morgan fingerprint density at radius 2 is 2.04 bits per heavy atom. The monoisotopic (exact) mass is 317 g/mol. The molecule has 0 aromatic heterocycles. The predicted molar refractivity (Wildman–Crippen MR) is 90.9 cm³/mol. The van der Waals surface area contributed by atoms with Crippen LogP contribution >= 0.6 is 0 Å². The Labute approximate surface area is 136 Å². The summed E-state index contributed by atoms with van der Waals surface area (Å²) < 4.78 is 0. The van der Waals surface area contributed by atoms with Gasteiger partial charge >= 0.3 is 5.97 Å². The molecular formula is C17H23N3O3. The van der Waals surface area contributed by atoms with Crippen LogP contribution in [0, 0.1) is 0 Å². The molecule has 1 aromatic rings. The molecule has 1 aliphatic heterocycles. The highest BCUT2D eigenvalue weighted by Gasteiger charge is 2.42. The number of rotatable bonds is 6. The summed E-state index contributed by atoms with van der Waals surface area (Å²) in [5.41, 5.74) is 1.70. The van der Waals surface area contributed by atoms with Gasteiger partial charge in [-0.3, -0.25) is 0 Å². The van der Waals surface area contributed by atoms with Crippen molar-refractivity contribution in [2.45, 2.75) is 39.7 Å². The first kappa shape index (κ1) is 17.0. The Hall–Kier alpha value is -2.37. The zero-order valence-corrected chi connectivity index (χ0v) is 14.1. The maximum Gasteiger partial charge on any atom is 0.381 e. The second kappa shape index (κ2) is 7.26. The standard InChI is InChI=1S/C17H23N3O3/c1-5-20(6-2)15-9-7-14(8-10-15)12-18-22-16(21)17(4)11-13(3)19-23-17/h7-10,12H,5-6,11H2,1-4H3/b18-12+. The number of anilines is 1. The SMILES string of the molecule is CCN(CC)c1ccc(/C=N/OC(=O)C2(C)CC(C)=NO2)cc1. The first-order valence-corrected chi connectivity index (χ1v) is 7.80. The van der Waals surface area contributed by atoms with Crippen molar-refractivity contribution in [2.75, 3.05) is 18.0 Å². The highest BCUT2D eigenvalue weighted by Crippen LogP contribution is 2.24. The van der Waals surface area contributed by atoms with Crippen LogP contribution in [-0.4, -0.2) is 36.6 Å². The van der Waals surface area contributed by atoms with Crippen LogP contribution in [0.4, 0.5) is 5.69 Å².